The summed E-state index contributed by atoms with van der Waals surface area (Å²) in [7, 11) is 0. The van der Waals surface area contributed by atoms with Crippen LogP contribution in [0, 0.1) is 5.92 Å². The quantitative estimate of drug-likeness (QED) is 0.722. The van der Waals surface area contributed by atoms with Crippen molar-refractivity contribution in [2.24, 2.45) is 5.92 Å². The van der Waals surface area contributed by atoms with E-state index in [0.29, 0.717) is 42.1 Å². The van der Waals surface area contributed by atoms with Gasteiger partial charge in [-0.2, -0.15) is 0 Å². The van der Waals surface area contributed by atoms with Crippen LogP contribution >= 0.6 is 11.6 Å². The minimum absolute atomic E-state index is 0.00135. The van der Waals surface area contributed by atoms with Crippen molar-refractivity contribution in [2.75, 3.05) is 26.2 Å². The maximum Gasteiger partial charge on any atom is 0.253 e. The highest BCUT2D eigenvalue weighted by molar-refractivity contribution is 6.30. The van der Waals surface area contributed by atoms with Gasteiger partial charge in [0.25, 0.3) is 11.8 Å². The maximum absolute atomic E-state index is 13.5. The molecule has 2 aliphatic rings. The summed E-state index contributed by atoms with van der Waals surface area (Å²) in [6, 6.07) is 15.3. The Morgan fingerprint density at radius 3 is 2.06 bits per heavy atom. The molecular formula is C26H30ClN3O3. The van der Waals surface area contributed by atoms with Crippen LogP contribution in [-0.4, -0.2) is 59.7 Å². The van der Waals surface area contributed by atoms with Gasteiger partial charge in [0, 0.05) is 42.3 Å². The first-order chi connectivity index (χ1) is 16.0. The topological polar surface area (TPSA) is 69.7 Å². The minimum atomic E-state index is -0.580. The summed E-state index contributed by atoms with van der Waals surface area (Å²) >= 11 is 5.94. The highest BCUT2D eigenvalue weighted by Gasteiger charge is 2.36. The molecule has 0 aliphatic carbocycles. The second-order valence-corrected chi connectivity index (χ2v) is 9.28. The summed E-state index contributed by atoms with van der Waals surface area (Å²) in [5, 5.41) is 3.63. The molecule has 33 heavy (non-hydrogen) atoms. The summed E-state index contributed by atoms with van der Waals surface area (Å²) in [6.45, 7) is 2.59. The third-order valence-corrected chi connectivity index (χ3v) is 6.90. The summed E-state index contributed by atoms with van der Waals surface area (Å²) in [5.74, 6) is -0.272. The molecule has 0 aromatic heterocycles. The third-order valence-electron chi connectivity index (χ3n) is 6.65. The average molecular weight is 468 g/mol. The van der Waals surface area contributed by atoms with Gasteiger partial charge in [0.15, 0.2) is 0 Å². The van der Waals surface area contributed by atoms with Crippen LogP contribution in [0.1, 0.15) is 52.8 Å². The lowest BCUT2D eigenvalue weighted by molar-refractivity contribution is -0.136. The summed E-state index contributed by atoms with van der Waals surface area (Å²) < 4.78 is 0. The van der Waals surface area contributed by atoms with Gasteiger partial charge in [-0.1, -0.05) is 29.8 Å². The first-order valence-corrected chi connectivity index (χ1v) is 12.1. The number of nitrogens with one attached hydrogen (secondary N) is 1. The predicted molar refractivity (Wildman–Crippen MR) is 128 cm³/mol. The van der Waals surface area contributed by atoms with Crippen LogP contribution < -0.4 is 5.32 Å². The van der Waals surface area contributed by atoms with E-state index >= 15 is 0 Å². The van der Waals surface area contributed by atoms with Crippen molar-refractivity contribution in [1.29, 1.82) is 0 Å². The van der Waals surface area contributed by atoms with Gasteiger partial charge in [0.2, 0.25) is 5.91 Å². The number of nitrogens with zero attached hydrogens (tertiary/aromatic N) is 2. The summed E-state index contributed by atoms with van der Waals surface area (Å²) in [5.41, 5.74) is 1.15. The van der Waals surface area contributed by atoms with E-state index in [1.807, 2.05) is 28.0 Å². The molecule has 2 aromatic rings. The number of hydrogen-bond acceptors (Lipinski definition) is 3. The molecule has 7 heteroatoms. The number of carbonyl (C=O) groups excluding carboxylic acids is 3. The van der Waals surface area contributed by atoms with Crippen molar-refractivity contribution in [3.05, 3.63) is 70.7 Å². The SMILES string of the molecule is O=C(NC(C(=O)N1CCCCC1)C1CCN(C(=O)c2ccc(Cl)cc2)CC1)c1ccccc1. The molecule has 2 aromatic carbocycles. The first-order valence-electron chi connectivity index (χ1n) is 11.7. The zero-order valence-corrected chi connectivity index (χ0v) is 19.5. The molecule has 6 nitrogen and oxygen atoms in total. The lowest BCUT2D eigenvalue weighted by atomic mass is 9.87. The van der Waals surface area contributed by atoms with Gasteiger partial charge in [-0.3, -0.25) is 14.4 Å². The Hall–Kier alpha value is -2.86. The largest absolute Gasteiger partial charge is 0.341 e. The zero-order chi connectivity index (χ0) is 23.2. The molecule has 0 saturated carbocycles. The van der Waals surface area contributed by atoms with Crippen molar-refractivity contribution in [1.82, 2.24) is 15.1 Å². The number of amides is 3. The molecule has 0 bridgehead atoms. The Labute approximate surface area is 199 Å². The highest BCUT2D eigenvalue weighted by atomic mass is 35.5. The molecule has 2 fully saturated rings. The second-order valence-electron chi connectivity index (χ2n) is 8.84. The summed E-state index contributed by atoms with van der Waals surface area (Å²) in [4.78, 5) is 42.9. The molecule has 1 unspecified atom stereocenters. The molecule has 174 valence electrons. The molecule has 1 N–H and O–H groups in total. The van der Waals surface area contributed by atoms with Crippen LogP contribution in [0.25, 0.3) is 0 Å². The fourth-order valence-corrected chi connectivity index (χ4v) is 4.84. The Balaban J connectivity index is 1.45. The van der Waals surface area contributed by atoms with E-state index in [-0.39, 0.29) is 23.6 Å². The van der Waals surface area contributed by atoms with Gasteiger partial charge in [-0.05, 0) is 74.4 Å². The fraction of sp³-hybridized carbons (Fsp3) is 0.423. The number of halogens is 1. The van der Waals surface area contributed by atoms with E-state index in [0.717, 1.165) is 32.4 Å². The number of hydrogen-bond donors (Lipinski definition) is 1. The smallest absolute Gasteiger partial charge is 0.253 e. The zero-order valence-electron chi connectivity index (χ0n) is 18.7. The van der Waals surface area contributed by atoms with Crippen molar-refractivity contribution in [3.63, 3.8) is 0 Å². The van der Waals surface area contributed by atoms with Crippen molar-refractivity contribution < 1.29 is 14.4 Å². The van der Waals surface area contributed by atoms with E-state index in [1.165, 1.54) is 0 Å². The number of benzene rings is 2. The molecular weight excluding hydrogens is 438 g/mol. The third kappa shape index (κ3) is 5.74. The van der Waals surface area contributed by atoms with E-state index in [1.54, 1.807) is 36.4 Å². The molecule has 2 heterocycles. The molecule has 2 aliphatic heterocycles. The normalized spacial score (nSPS) is 18.0. The van der Waals surface area contributed by atoms with Crippen LogP contribution in [0.3, 0.4) is 0 Å². The summed E-state index contributed by atoms with van der Waals surface area (Å²) in [6.07, 6.45) is 4.46. The number of carbonyl (C=O) groups is 3. The van der Waals surface area contributed by atoms with Gasteiger partial charge >= 0.3 is 0 Å². The molecule has 0 spiro atoms. The van der Waals surface area contributed by atoms with E-state index in [9.17, 15) is 14.4 Å². The fourth-order valence-electron chi connectivity index (χ4n) is 4.72. The Bertz CT molecular complexity index is 966. The predicted octanol–water partition coefficient (Wildman–Crippen LogP) is 4.00. The molecule has 1 atom stereocenters. The van der Waals surface area contributed by atoms with Crippen molar-refractivity contribution >= 4 is 29.3 Å². The van der Waals surface area contributed by atoms with Crippen molar-refractivity contribution in [3.8, 4) is 0 Å². The standard InChI is InChI=1S/C26H30ClN3O3/c27-22-11-9-21(10-12-22)25(32)30-17-13-19(14-18-30)23(26(33)29-15-5-2-6-16-29)28-24(31)20-7-3-1-4-8-20/h1,3-4,7-12,19,23H,2,5-6,13-18H2,(H,28,31). The molecule has 4 rings (SSSR count). The van der Waals surface area contributed by atoms with Crippen LogP contribution in [0.4, 0.5) is 0 Å². The van der Waals surface area contributed by atoms with E-state index in [4.69, 9.17) is 11.6 Å². The first kappa shape index (κ1) is 23.3. The van der Waals surface area contributed by atoms with Gasteiger partial charge in [0.05, 0.1) is 0 Å². The van der Waals surface area contributed by atoms with Crippen LogP contribution in [0.2, 0.25) is 5.02 Å². The minimum Gasteiger partial charge on any atom is -0.341 e. The van der Waals surface area contributed by atoms with E-state index in [2.05, 4.69) is 5.32 Å². The second kappa shape index (κ2) is 10.8. The number of piperidine rings is 2. The van der Waals surface area contributed by atoms with Crippen LogP contribution in [-0.2, 0) is 4.79 Å². The molecule has 0 radical (unpaired) electrons. The van der Waals surface area contributed by atoms with Gasteiger partial charge in [-0.25, -0.2) is 0 Å². The van der Waals surface area contributed by atoms with Crippen LogP contribution in [0.15, 0.2) is 54.6 Å². The molecule has 3 amide bonds. The number of likely N-dealkylation sites (tertiary alicyclic amines) is 2. The van der Waals surface area contributed by atoms with E-state index < -0.39 is 6.04 Å². The van der Waals surface area contributed by atoms with Gasteiger partial charge < -0.3 is 15.1 Å². The monoisotopic (exact) mass is 467 g/mol. The van der Waals surface area contributed by atoms with Crippen molar-refractivity contribution in [2.45, 2.75) is 38.1 Å². The lowest BCUT2D eigenvalue weighted by Gasteiger charge is -2.38. The number of rotatable bonds is 5. The maximum atomic E-state index is 13.5. The molecule has 2 saturated heterocycles. The highest BCUT2D eigenvalue weighted by Crippen LogP contribution is 2.25. The van der Waals surface area contributed by atoms with Gasteiger partial charge in [0.1, 0.15) is 6.04 Å². The Morgan fingerprint density at radius 2 is 1.42 bits per heavy atom. The van der Waals surface area contributed by atoms with Crippen LogP contribution in [0.5, 0.6) is 0 Å². The Kier molecular flexibility index (Phi) is 7.65. The Morgan fingerprint density at radius 1 is 0.788 bits per heavy atom. The van der Waals surface area contributed by atoms with Gasteiger partial charge in [-0.15, -0.1) is 0 Å². The lowest BCUT2D eigenvalue weighted by Crippen LogP contribution is -2.55. The average Bonchev–Trinajstić information content (AvgIpc) is 2.88.